The summed E-state index contributed by atoms with van der Waals surface area (Å²) in [6.45, 7) is 4.72. The van der Waals surface area contributed by atoms with E-state index in [0.29, 0.717) is 30.5 Å². The van der Waals surface area contributed by atoms with E-state index in [4.69, 9.17) is 16.3 Å². The van der Waals surface area contributed by atoms with Crippen molar-refractivity contribution in [2.75, 3.05) is 40.4 Å². The molecule has 0 aromatic heterocycles. The minimum atomic E-state index is -1.03. The standard InChI is InChI=1S/C29H48ClN3O3/c1-22-26(14-9-15-27(22)30)29(35,16-7-8-18-36-3)24-13-10-17-33(21-24)28(34)32-25(20-31-2)19-23-11-5-4-6-12-23/h9,14-15,23-25,31,35H,4-8,10-13,16-21H2,1-3H3,(H,32,34)/t24-,25?,29+/m1/s1. The SMILES string of the molecule is CNCC(CC1CCCCC1)NC(=O)N1CCC[C@@H]([C@@](O)(CCCCOC)c2cccc(Cl)c2C)C1. The number of urea groups is 1. The van der Waals surface area contributed by atoms with Crippen LogP contribution in [0.1, 0.15) is 81.8 Å². The maximum Gasteiger partial charge on any atom is 0.317 e. The van der Waals surface area contributed by atoms with Crippen molar-refractivity contribution < 1.29 is 14.6 Å². The summed E-state index contributed by atoms with van der Waals surface area (Å²) in [7, 11) is 3.66. The van der Waals surface area contributed by atoms with Gasteiger partial charge in [-0.2, -0.15) is 0 Å². The van der Waals surface area contributed by atoms with E-state index >= 15 is 0 Å². The van der Waals surface area contributed by atoms with Crippen LogP contribution >= 0.6 is 11.6 Å². The van der Waals surface area contributed by atoms with Crippen molar-refractivity contribution in [3.63, 3.8) is 0 Å². The number of carbonyl (C=O) groups is 1. The quantitative estimate of drug-likeness (QED) is 0.311. The number of carbonyl (C=O) groups excluding carboxylic acids is 1. The van der Waals surface area contributed by atoms with Crippen molar-refractivity contribution in [2.24, 2.45) is 11.8 Å². The zero-order chi connectivity index (χ0) is 26.0. The van der Waals surface area contributed by atoms with E-state index in [2.05, 4.69) is 10.6 Å². The zero-order valence-corrected chi connectivity index (χ0v) is 23.4. The molecule has 36 heavy (non-hydrogen) atoms. The summed E-state index contributed by atoms with van der Waals surface area (Å²) in [6, 6.07) is 5.94. The number of likely N-dealkylation sites (tertiary alicyclic amines) is 1. The third-order valence-electron chi connectivity index (χ3n) is 8.40. The molecule has 3 N–H and O–H groups in total. The predicted molar refractivity (Wildman–Crippen MR) is 148 cm³/mol. The number of hydrogen-bond donors (Lipinski definition) is 3. The molecule has 1 aromatic rings. The molecule has 1 aliphatic carbocycles. The van der Waals surface area contributed by atoms with Crippen molar-refractivity contribution >= 4 is 17.6 Å². The Morgan fingerprint density at radius 2 is 2.00 bits per heavy atom. The van der Waals surface area contributed by atoms with Gasteiger partial charge in [0.2, 0.25) is 0 Å². The Bertz CT molecular complexity index is 817. The summed E-state index contributed by atoms with van der Waals surface area (Å²) < 4.78 is 5.24. The van der Waals surface area contributed by atoms with Gasteiger partial charge in [0.25, 0.3) is 0 Å². The van der Waals surface area contributed by atoms with E-state index in [0.717, 1.165) is 56.3 Å². The average molecular weight is 522 g/mol. The second-order valence-electron chi connectivity index (χ2n) is 11.0. The minimum absolute atomic E-state index is 0.000286. The molecule has 6 nitrogen and oxygen atoms in total. The lowest BCUT2D eigenvalue weighted by Gasteiger charge is -2.44. The molecular weight excluding hydrogens is 474 g/mol. The lowest BCUT2D eigenvalue weighted by molar-refractivity contribution is -0.0568. The van der Waals surface area contributed by atoms with Crippen molar-refractivity contribution in [1.82, 2.24) is 15.5 Å². The molecule has 2 fully saturated rings. The highest BCUT2D eigenvalue weighted by molar-refractivity contribution is 6.31. The summed E-state index contributed by atoms with van der Waals surface area (Å²) in [6.07, 6.45) is 11.7. The molecule has 2 amide bonds. The average Bonchev–Trinajstić information content (AvgIpc) is 2.89. The topological polar surface area (TPSA) is 73.8 Å². The van der Waals surface area contributed by atoms with Gasteiger partial charge in [0, 0.05) is 50.3 Å². The fourth-order valence-corrected chi connectivity index (χ4v) is 6.53. The van der Waals surface area contributed by atoms with Crippen LogP contribution < -0.4 is 10.6 Å². The molecule has 204 valence electrons. The van der Waals surface area contributed by atoms with Gasteiger partial charge in [-0.3, -0.25) is 0 Å². The van der Waals surface area contributed by atoms with Gasteiger partial charge in [-0.15, -0.1) is 0 Å². The molecule has 1 saturated carbocycles. The number of hydrogen-bond acceptors (Lipinski definition) is 4. The monoisotopic (exact) mass is 521 g/mol. The van der Waals surface area contributed by atoms with Crippen molar-refractivity contribution in [2.45, 2.75) is 89.2 Å². The lowest BCUT2D eigenvalue weighted by Crippen LogP contribution is -2.54. The molecule has 7 heteroatoms. The molecule has 2 aliphatic rings. The normalized spacial score (nSPS) is 21.7. The minimum Gasteiger partial charge on any atom is -0.385 e. The molecule has 0 radical (unpaired) electrons. The molecule has 1 unspecified atom stereocenters. The van der Waals surface area contributed by atoms with Crippen LogP contribution in [0.25, 0.3) is 0 Å². The summed E-state index contributed by atoms with van der Waals surface area (Å²) in [5, 5.41) is 19.5. The highest BCUT2D eigenvalue weighted by Gasteiger charge is 2.42. The zero-order valence-electron chi connectivity index (χ0n) is 22.7. The third kappa shape index (κ3) is 7.83. The van der Waals surface area contributed by atoms with Crippen LogP contribution in [0.4, 0.5) is 4.79 Å². The highest BCUT2D eigenvalue weighted by atomic mass is 35.5. The fraction of sp³-hybridized carbons (Fsp3) is 0.759. The smallest absolute Gasteiger partial charge is 0.317 e. The molecule has 1 heterocycles. The maximum absolute atomic E-state index is 13.4. The van der Waals surface area contributed by atoms with Crippen LogP contribution in [-0.4, -0.2) is 62.5 Å². The molecule has 0 bridgehead atoms. The Balaban J connectivity index is 1.72. The van der Waals surface area contributed by atoms with Crippen molar-refractivity contribution in [3.05, 3.63) is 34.3 Å². The number of piperidine rings is 1. The van der Waals surface area contributed by atoms with Crippen molar-refractivity contribution in [3.8, 4) is 0 Å². The number of likely N-dealkylation sites (N-methyl/N-ethyl adjacent to an activating group) is 1. The van der Waals surface area contributed by atoms with Gasteiger partial charge >= 0.3 is 6.03 Å². The highest BCUT2D eigenvalue weighted by Crippen LogP contribution is 2.42. The number of rotatable bonds is 12. The number of methoxy groups -OCH3 is 1. The van der Waals surface area contributed by atoms with Crippen LogP contribution in [-0.2, 0) is 10.3 Å². The van der Waals surface area contributed by atoms with Gasteiger partial charge < -0.3 is 25.4 Å². The maximum atomic E-state index is 13.4. The lowest BCUT2D eigenvalue weighted by atomic mass is 9.73. The number of unbranched alkanes of at least 4 members (excludes halogenated alkanes) is 1. The van der Waals surface area contributed by atoms with E-state index in [1.807, 2.05) is 37.1 Å². The molecule has 1 saturated heterocycles. The Morgan fingerprint density at radius 1 is 1.22 bits per heavy atom. The van der Waals surface area contributed by atoms with Gasteiger partial charge in [0.05, 0.1) is 5.60 Å². The molecule has 3 rings (SSSR count). The predicted octanol–water partition coefficient (Wildman–Crippen LogP) is 5.63. The van der Waals surface area contributed by atoms with Crippen LogP contribution in [0.3, 0.4) is 0 Å². The van der Waals surface area contributed by atoms with Gasteiger partial charge in [0.15, 0.2) is 0 Å². The van der Waals surface area contributed by atoms with E-state index in [-0.39, 0.29) is 18.0 Å². The molecular formula is C29H48ClN3O3. The number of nitrogens with zero attached hydrogens (tertiary/aromatic N) is 1. The molecule has 1 aliphatic heterocycles. The fourth-order valence-electron chi connectivity index (χ4n) is 6.36. The van der Waals surface area contributed by atoms with Crippen LogP contribution in [0.15, 0.2) is 18.2 Å². The summed E-state index contributed by atoms with van der Waals surface area (Å²) in [5.41, 5.74) is 0.787. The van der Waals surface area contributed by atoms with Crippen LogP contribution in [0.2, 0.25) is 5.02 Å². The number of benzene rings is 1. The largest absolute Gasteiger partial charge is 0.385 e. The molecule has 3 atom stereocenters. The summed E-state index contributed by atoms with van der Waals surface area (Å²) >= 11 is 6.48. The van der Waals surface area contributed by atoms with Crippen LogP contribution in [0.5, 0.6) is 0 Å². The van der Waals surface area contributed by atoms with Gasteiger partial charge in [-0.25, -0.2) is 4.79 Å². The van der Waals surface area contributed by atoms with E-state index in [9.17, 15) is 9.90 Å². The second-order valence-corrected chi connectivity index (χ2v) is 11.4. The van der Waals surface area contributed by atoms with Crippen LogP contribution in [0, 0.1) is 18.8 Å². The summed E-state index contributed by atoms with van der Waals surface area (Å²) in [4.78, 5) is 15.4. The Kier molecular flexibility index (Phi) is 11.8. The number of ether oxygens (including phenoxy) is 1. The van der Waals surface area contributed by atoms with E-state index in [1.54, 1.807) is 7.11 Å². The van der Waals surface area contributed by atoms with Gasteiger partial charge in [-0.05, 0) is 75.6 Å². The Hall–Kier alpha value is -1.34. The summed E-state index contributed by atoms with van der Waals surface area (Å²) in [5.74, 6) is 0.660. The number of nitrogens with one attached hydrogen (secondary N) is 2. The Labute approximate surface area is 223 Å². The first-order valence-corrected chi connectivity index (χ1v) is 14.4. The first-order chi connectivity index (χ1) is 17.4. The van der Waals surface area contributed by atoms with Gasteiger partial charge in [0.1, 0.15) is 0 Å². The van der Waals surface area contributed by atoms with E-state index in [1.165, 1.54) is 32.1 Å². The molecule has 0 spiro atoms. The number of amides is 2. The second kappa shape index (κ2) is 14.6. The first kappa shape index (κ1) is 29.2. The van der Waals surface area contributed by atoms with Crippen molar-refractivity contribution in [1.29, 1.82) is 0 Å². The van der Waals surface area contributed by atoms with Gasteiger partial charge in [-0.1, -0.05) is 55.8 Å². The van der Waals surface area contributed by atoms with E-state index < -0.39 is 5.60 Å². The number of halogens is 1. The number of aliphatic hydroxyl groups is 1. The third-order valence-corrected chi connectivity index (χ3v) is 8.80. The molecule has 1 aromatic carbocycles. The Morgan fingerprint density at radius 3 is 2.72 bits per heavy atom. The first-order valence-electron chi connectivity index (χ1n) is 14.1.